The van der Waals surface area contributed by atoms with E-state index < -0.39 is 6.29 Å². The second-order valence-electron chi connectivity index (χ2n) is 3.28. The fourth-order valence-electron chi connectivity index (χ4n) is 1.29. The second-order valence-corrected chi connectivity index (χ2v) is 3.28. The SMILES string of the molecule is CC(O)On1cnc2nc(N)n(C)c(=O)c21. The smallest absolute Gasteiger partial charge is 0.284 e. The molecule has 0 amide bonds. The van der Waals surface area contributed by atoms with Gasteiger partial charge in [0.05, 0.1) is 0 Å². The van der Waals surface area contributed by atoms with E-state index in [0.29, 0.717) is 0 Å². The Balaban J connectivity index is 2.72. The molecule has 3 N–H and O–H groups in total. The van der Waals surface area contributed by atoms with Gasteiger partial charge in [0, 0.05) is 14.0 Å². The van der Waals surface area contributed by atoms with Crippen LogP contribution in [-0.2, 0) is 7.05 Å². The zero-order valence-corrected chi connectivity index (χ0v) is 8.78. The van der Waals surface area contributed by atoms with Gasteiger partial charge in [0.15, 0.2) is 11.2 Å². The molecule has 2 aromatic heterocycles. The van der Waals surface area contributed by atoms with E-state index in [4.69, 9.17) is 15.7 Å². The number of nitrogen functional groups attached to an aromatic ring is 1. The van der Waals surface area contributed by atoms with Gasteiger partial charge >= 0.3 is 0 Å². The van der Waals surface area contributed by atoms with Crippen LogP contribution >= 0.6 is 0 Å². The summed E-state index contributed by atoms with van der Waals surface area (Å²) in [6, 6.07) is 0. The van der Waals surface area contributed by atoms with Gasteiger partial charge in [0.2, 0.25) is 12.2 Å². The number of anilines is 1. The van der Waals surface area contributed by atoms with E-state index in [2.05, 4.69) is 9.97 Å². The van der Waals surface area contributed by atoms with E-state index in [9.17, 15) is 4.79 Å². The second kappa shape index (κ2) is 3.49. The van der Waals surface area contributed by atoms with Crippen LogP contribution < -0.4 is 16.1 Å². The van der Waals surface area contributed by atoms with E-state index in [-0.39, 0.29) is 22.7 Å². The van der Waals surface area contributed by atoms with Crippen molar-refractivity contribution in [3.63, 3.8) is 0 Å². The molecule has 2 rings (SSSR count). The minimum Gasteiger partial charge on any atom is -0.381 e. The molecule has 2 heterocycles. The number of aliphatic hydroxyl groups excluding tert-OH is 1. The zero-order valence-electron chi connectivity index (χ0n) is 8.78. The van der Waals surface area contributed by atoms with Crippen molar-refractivity contribution in [1.82, 2.24) is 19.3 Å². The highest BCUT2D eigenvalue weighted by Gasteiger charge is 2.13. The third-order valence-electron chi connectivity index (χ3n) is 2.05. The van der Waals surface area contributed by atoms with Crippen LogP contribution in [0.2, 0.25) is 0 Å². The highest BCUT2D eigenvalue weighted by molar-refractivity contribution is 5.70. The Hall–Kier alpha value is -2.09. The quantitative estimate of drug-likeness (QED) is 0.601. The molecule has 2 aromatic rings. The molecule has 0 aliphatic carbocycles. The maximum atomic E-state index is 11.8. The number of hydrogen-bond donors (Lipinski definition) is 2. The number of aliphatic hydroxyl groups is 1. The molecule has 0 saturated heterocycles. The molecule has 0 spiro atoms. The Morgan fingerprint density at radius 1 is 1.62 bits per heavy atom. The van der Waals surface area contributed by atoms with Crippen LogP contribution in [0.1, 0.15) is 6.92 Å². The van der Waals surface area contributed by atoms with Crippen LogP contribution in [-0.4, -0.2) is 30.7 Å². The number of rotatable bonds is 2. The summed E-state index contributed by atoms with van der Waals surface area (Å²) in [5.74, 6) is 0.0693. The first-order chi connectivity index (χ1) is 7.50. The van der Waals surface area contributed by atoms with Crippen molar-refractivity contribution < 1.29 is 9.94 Å². The highest BCUT2D eigenvalue weighted by Crippen LogP contribution is 2.06. The Kier molecular flexibility index (Phi) is 2.27. The van der Waals surface area contributed by atoms with E-state index in [1.165, 1.54) is 24.9 Å². The number of aromatic nitrogens is 4. The van der Waals surface area contributed by atoms with Gasteiger partial charge in [-0.25, -0.2) is 4.98 Å². The summed E-state index contributed by atoms with van der Waals surface area (Å²) in [7, 11) is 1.49. The van der Waals surface area contributed by atoms with Gasteiger partial charge < -0.3 is 15.7 Å². The molecule has 86 valence electrons. The number of imidazole rings is 1. The summed E-state index contributed by atoms with van der Waals surface area (Å²) in [4.78, 5) is 24.6. The molecule has 8 heteroatoms. The van der Waals surface area contributed by atoms with Crippen molar-refractivity contribution in [1.29, 1.82) is 0 Å². The van der Waals surface area contributed by atoms with Gasteiger partial charge in [-0.3, -0.25) is 9.36 Å². The number of hydrogen-bond acceptors (Lipinski definition) is 6. The lowest BCUT2D eigenvalue weighted by molar-refractivity contribution is -0.0869. The lowest BCUT2D eigenvalue weighted by Crippen LogP contribution is -2.27. The van der Waals surface area contributed by atoms with Crippen LogP contribution in [0.4, 0.5) is 5.95 Å². The molecule has 16 heavy (non-hydrogen) atoms. The fraction of sp³-hybridized carbons (Fsp3) is 0.375. The van der Waals surface area contributed by atoms with Gasteiger partial charge in [0.25, 0.3) is 5.56 Å². The molecule has 0 aromatic carbocycles. The summed E-state index contributed by atoms with van der Waals surface area (Å²) in [5, 5.41) is 9.07. The predicted molar refractivity (Wildman–Crippen MR) is 55.4 cm³/mol. The molecule has 0 aliphatic heterocycles. The molecule has 0 saturated carbocycles. The minimum atomic E-state index is -1.06. The van der Waals surface area contributed by atoms with Crippen LogP contribution in [0.25, 0.3) is 11.2 Å². The fourth-order valence-corrected chi connectivity index (χ4v) is 1.29. The van der Waals surface area contributed by atoms with Gasteiger partial charge in [-0.2, -0.15) is 9.71 Å². The Morgan fingerprint density at radius 2 is 2.31 bits per heavy atom. The van der Waals surface area contributed by atoms with Crippen molar-refractivity contribution in [3.05, 3.63) is 16.7 Å². The third-order valence-corrected chi connectivity index (χ3v) is 2.05. The zero-order chi connectivity index (χ0) is 11.9. The van der Waals surface area contributed by atoms with Crippen LogP contribution in [0.5, 0.6) is 0 Å². The normalized spacial score (nSPS) is 12.9. The molecular formula is C8H11N5O3. The van der Waals surface area contributed by atoms with Crippen LogP contribution in [0.3, 0.4) is 0 Å². The van der Waals surface area contributed by atoms with E-state index in [0.717, 1.165) is 4.73 Å². The molecular weight excluding hydrogens is 214 g/mol. The van der Waals surface area contributed by atoms with Gasteiger partial charge in [-0.05, 0) is 0 Å². The first kappa shape index (κ1) is 10.4. The molecule has 0 bridgehead atoms. The van der Waals surface area contributed by atoms with Crippen molar-refractivity contribution in [3.8, 4) is 0 Å². The third kappa shape index (κ3) is 1.48. The summed E-state index contributed by atoms with van der Waals surface area (Å²) in [5.41, 5.74) is 5.44. The molecule has 0 fully saturated rings. The topological polar surface area (TPSA) is 108 Å². The molecule has 8 nitrogen and oxygen atoms in total. The lowest BCUT2D eigenvalue weighted by atomic mass is 10.5. The number of fused-ring (bicyclic) bond motifs is 1. The maximum Gasteiger partial charge on any atom is 0.284 e. The summed E-state index contributed by atoms with van der Waals surface area (Å²) >= 11 is 0. The number of nitrogens with zero attached hydrogens (tertiary/aromatic N) is 4. The van der Waals surface area contributed by atoms with Crippen molar-refractivity contribution in [2.75, 3.05) is 5.73 Å². The summed E-state index contributed by atoms with van der Waals surface area (Å²) in [6.45, 7) is 1.42. The average molecular weight is 225 g/mol. The number of nitrogens with two attached hydrogens (primary N) is 1. The van der Waals surface area contributed by atoms with Gasteiger partial charge in [-0.1, -0.05) is 0 Å². The molecule has 0 aliphatic rings. The molecule has 0 radical (unpaired) electrons. The predicted octanol–water partition coefficient (Wildman–Crippen LogP) is -1.52. The standard InChI is InChI=1S/C8H11N5O3/c1-4(14)16-13-3-10-6-5(13)7(15)12(2)8(9)11-6/h3-4,14H,1-2H3,(H2,9,11). The van der Waals surface area contributed by atoms with E-state index in [1.807, 2.05) is 0 Å². The Morgan fingerprint density at radius 3 is 2.94 bits per heavy atom. The van der Waals surface area contributed by atoms with E-state index in [1.54, 1.807) is 0 Å². The Bertz CT molecular complexity index is 585. The average Bonchev–Trinajstić information content (AvgIpc) is 2.57. The minimum absolute atomic E-state index is 0.0693. The van der Waals surface area contributed by atoms with Crippen molar-refractivity contribution >= 4 is 17.1 Å². The van der Waals surface area contributed by atoms with E-state index >= 15 is 0 Å². The van der Waals surface area contributed by atoms with Crippen LogP contribution in [0.15, 0.2) is 11.1 Å². The van der Waals surface area contributed by atoms with Crippen molar-refractivity contribution in [2.24, 2.45) is 7.05 Å². The molecule has 1 unspecified atom stereocenters. The highest BCUT2D eigenvalue weighted by atomic mass is 16.7. The first-order valence-corrected chi connectivity index (χ1v) is 4.55. The monoisotopic (exact) mass is 225 g/mol. The van der Waals surface area contributed by atoms with Crippen molar-refractivity contribution in [2.45, 2.75) is 13.2 Å². The molecule has 1 atom stereocenters. The largest absolute Gasteiger partial charge is 0.381 e. The summed E-state index contributed by atoms with van der Waals surface area (Å²) in [6.07, 6.45) is 0.199. The van der Waals surface area contributed by atoms with Gasteiger partial charge in [-0.15, -0.1) is 0 Å². The summed E-state index contributed by atoms with van der Waals surface area (Å²) < 4.78 is 2.25. The maximum absolute atomic E-state index is 11.8. The lowest BCUT2D eigenvalue weighted by Gasteiger charge is -2.09. The Labute approximate surface area is 89.9 Å². The van der Waals surface area contributed by atoms with Crippen LogP contribution in [0, 0.1) is 0 Å². The van der Waals surface area contributed by atoms with Gasteiger partial charge in [0.1, 0.15) is 6.33 Å². The first-order valence-electron chi connectivity index (χ1n) is 4.55.